The highest BCUT2D eigenvalue weighted by Gasteiger charge is 2.22. The number of nitrogens with one attached hydrogen (secondary N) is 2. The highest BCUT2D eigenvalue weighted by molar-refractivity contribution is 6.00. The molecule has 0 unspecified atom stereocenters. The van der Waals surface area contributed by atoms with Crippen LogP contribution in [0.2, 0.25) is 0 Å². The molecule has 0 heterocycles. The van der Waals surface area contributed by atoms with Crippen LogP contribution in [0.5, 0.6) is 11.5 Å². The Kier molecular flexibility index (Phi) is 10.3. The van der Waals surface area contributed by atoms with Gasteiger partial charge in [0.25, 0.3) is 5.91 Å². The largest absolute Gasteiger partial charge is 0.508 e. The van der Waals surface area contributed by atoms with Gasteiger partial charge < -0.3 is 31.3 Å². The number of hydrogen-bond donors (Lipinski definition) is 5. The molecule has 0 aliphatic rings. The van der Waals surface area contributed by atoms with Gasteiger partial charge in [0.2, 0.25) is 5.91 Å². The molecule has 6 N–H and O–H groups in total. The third-order valence-electron chi connectivity index (χ3n) is 6.64. The first kappa shape index (κ1) is 29.8. The number of benzene rings is 4. The first-order valence-corrected chi connectivity index (χ1v) is 13.5. The molecule has 9 heteroatoms. The normalized spacial score (nSPS) is 12.1. The molecule has 0 aromatic heterocycles. The summed E-state index contributed by atoms with van der Waals surface area (Å²) in [7, 11) is 0. The highest BCUT2D eigenvalue weighted by Crippen LogP contribution is 2.28. The number of phenolic OH excluding ortho intramolecular Hbond substituents is 1. The number of nitrogens with two attached hydrogens (primary N) is 1. The van der Waals surface area contributed by atoms with E-state index in [0.717, 1.165) is 16.7 Å². The number of carbonyl (C=O) groups excluding carboxylic acids is 2. The summed E-state index contributed by atoms with van der Waals surface area (Å²) in [6.45, 7) is 0.170. The highest BCUT2D eigenvalue weighted by atomic mass is 16.5. The lowest BCUT2D eigenvalue weighted by Gasteiger charge is -2.18. The SMILES string of the molecule is N[C@@H](Cc1ccc(O)cc1)C(=O)Nc1ccc(C(=O)N[C@@H](CCc2ccccc2)C(=O)O)cc1OCc1ccccc1. The van der Waals surface area contributed by atoms with Gasteiger partial charge in [-0.05, 0) is 66.3 Å². The van der Waals surface area contributed by atoms with Crippen molar-refractivity contribution in [2.75, 3.05) is 5.32 Å². The maximum Gasteiger partial charge on any atom is 0.326 e. The Balaban J connectivity index is 1.49. The number of anilines is 1. The zero-order valence-corrected chi connectivity index (χ0v) is 22.9. The van der Waals surface area contributed by atoms with E-state index in [0.29, 0.717) is 12.1 Å². The molecule has 0 aliphatic heterocycles. The van der Waals surface area contributed by atoms with Gasteiger partial charge in [0.1, 0.15) is 24.1 Å². The lowest BCUT2D eigenvalue weighted by molar-refractivity contribution is -0.139. The molecule has 0 radical (unpaired) electrons. The second-order valence-electron chi connectivity index (χ2n) is 9.84. The van der Waals surface area contributed by atoms with Crippen LogP contribution < -0.4 is 21.1 Å². The summed E-state index contributed by atoms with van der Waals surface area (Å²) in [5.74, 6) is -1.83. The van der Waals surface area contributed by atoms with Gasteiger partial charge in [0.05, 0.1) is 11.7 Å². The van der Waals surface area contributed by atoms with E-state index < -0.39 is 29.9 Å². The molecule has 0 bridgehead atoms. The van der Waals surface area contributed by atoms with Crippen LogP contribution >= 0.6 is 0 Å². The molecule has 4 rings (SSSR count). The van der Waals surface area contributed by atoms with Crippen molar-refractivity contribution in [2.45, 2.75) is 38.0 Å². The van der Waals surface area contributed by atoms with Crippen LogP contribution in [0.4, 0.5) is 5.69 Å². The minimum atomic E-state index is -1.13. The molecule has 0 fully saturated rings. The fourth-order valence-corrected chi connectivity index (χ4v) is 4.28. The number of carboxylic acids is 1. The molecule has 0 saturated heterocycles. The Labute approximate surface area is 244 Å². The van der Waals surface area contributed by atoms with Crippen molar-refractivity contribution in [1.82, 2.24) is 5.32 Å². The van der Waals surface area contributed by atoms with Crippen LogP contribution in [0, 0.1) is 0 Å². The van der Waals surface area contributed by atoms with Crippen molar-refractivity contribution >= 4 is 23.5 Å². The third-order valence-corrected chi connectivity index (χ3v) is 6.64. The van der Waals surface area contributed by atoms with Crippen molar-refractivity contribution in [3.05, 3.63) is 125 Å². The molecular formula is C33H33N3O6. The van der Waals surface area contributed by atoms with E-state index in [1.807, 2.05) is 60.7 Å². The van der Waals surface area contributed by atoms with Crippen LogP contribution in [-0.4, -0.2) is 40.1 Å². The van der Waals surface area contributed by atoms with Gasteiger partial charge in [0.15, 0.2) is 0 Å². The Morgan fingerprint density at radius 1 is 0.810 bits per heavy atom. The second kappa shape index (κ2) is 14.5. The fraction of sp³-hybridized carbons (Fsp3) is 0.182. The van der Waals surface area contributed by atoms with Gasteiger partial charge in [-0.1, -0.05) is 72.8 Å². The maximum atomic E-state index is 13.1. The zero-order valence-electron chi connectivity index (χ0n) is 22.9. The van der Waals surface area contributed by atoms with E-state index in [-0.39, 0.29) is 36.5 Å². The first-order valence-electron chi connectivity index (χ1n) is 13.5. The number of aliphatic carboxylic acids is 1. The molecule has 42 heavy (non-hydrogen) atoms. The second-order valence-corrected chi connectivity index (χ2v) is 9.84. The van der Waals surface area contributed by atoms with E-state index >= 15 is 0 Å². The topological polar surface area (TPSA) is 151 Å². The lowest BCUT2D eigenvalue weighted by atomic mass is 10.0. The Bertz CT molecular complexity index is 1490. The number of aryl methyl sites for hydroxylation is 1. The van der Waals surface area contributed by atoms with E-state index in [2.05, 4.69) is 10.6 Å². The van der Waals surface area contributed by atoms with Gasteiger partial charge in [-0.2, -0.15) is 0 Å². The quantitative estimate of drug-likeness (QED) is 0.162. The summed E-state index contributed by atoms with van der Waals surface area (Å²) >= 11 is 0. The molecular weight excluding hydrogens is 534 g/mol. The molecule has 2 amide bonds. The standard InChI is InChI=1S/C33H33N3O6/c34-27(19-23-11-15-26(37)16-12-23)32(39)35-28-18-14-25(20-30(28)42-21-24-9-5-2-6-10-24)31(38)36-29(33(40)41)17-13-22-7-3-1-4-8-22/h1-12,14-16,18,20,27,29,37H,13,17,19,21,34H2,(H,35,39)(H,36,38)(H,40,41)/t27-,29-/m0/s1. The summed E-state index contributed by atoms with van der Waals surface area (Å²) in [6.07, 6.45) is 0.945. The molecule has 4 aromatic rings. The van der Waals surface area contributed by atoms with Gasteiger partial charge in [-0.3, -0.25) is 9.59 Å². The van der Waals surface area contributed by atoms with E-state index in [1.54, 1.807) is 12.1 Å². The molecule has 216 valence electrons. The Morgan fingerprint density at radius 3 is 2.10 bits per heavy atom. The fourth-order valence-electron chi connectivity index (χ4n) is 4.28. The monoisotopic (exact) mass is 567 g/mol. The van der Waals surface area contributed by atoms with Crippen molar-refractivity contribution < 1.29 is 29.3 Å². The van der Waals surface area contributed by atoms with Crippen molar-refractivity contribution in [2.24, 2.45) is 5.73 Å². The number of carbonyl (C=O) groups is 3. The number of phenols is 1. The van der Waals surface area contributed by atoms with Gasteiger partial charge in [0, 0.05) is 5.56 Å². The number of hydrogen-bond acceptors (Lipinski definition) is 6. The van der Waals surface area contributed by atoms with Crippen LogP contribution in [0.3, 0.4) is 0 Å². The van der Waals surface area contributed by atoms with Gasteiger partial charge in [-0.15, -0.1) is 0 Å². The molecule has 2 atom stereocenters. The number of aromatic hydroxyl groups is 1. The minimum Gasteiger partial charge on any atom is -0.508 e. The van der Waals surface area contributed by atoms with Gasteiger partial charge in [-0.25, -0.2) is 4.79 Å². The van der Waals surface area contributed by atoms with Gasteiger partial charge >= 0.3 is 5.97 Å². The predicted molar refractivity (Wildman–Crippen MR) is 159 cm³/mol. The average molecular weight is 568 g/mol. The number of carboxylic acid groups (broad SMARTS) is 1. The molecule has 0 spiro atoms. The first-order chi connectivity index (χ1) is 20.3. The summed E-state index contributed by atoms with van der Waals surface area (Å²) in [4.78, 5) is 38.0. The summed E-state index contributed by atoms with van der Waals surface area (Å²) < 4.78 is 6.00. The maximum absolute atomic E-state index is 13.1. The minimum absolute atomic E-state index is 0.118. The van der Waals surface area contributed by atoms with Crippen molar-refractivity contribution in [3.63, 3.8) is 0 Å². The molecule has 0 aliphatic carbocycles. The van der Waals surface area contributed by atoms with Crippen LogP contribution in [0.25, 0.3) is 0 Å². The summed E-state index contributed by atoms with van der Waals surface area (Å²) in [5, 5.41) is 24.6. The van der Waals surface area contributed by atoms with Crippen LogP contribution in [-0.2, 0) is 29.0 Å². The Hall–Kier alpha value is -5.15. The summed E-state index contributed by atoms with van der Waals surface area (Å²) in [6, 6.07) is 27.8. The van der Waals surface area contributed by atoms with Crippen molar-refractivity contribution in [1.29, 1.82) is 0 Å². The number of ether oxygens (including phenoxy) is 1. The number of rotatable bonds is 13. The van der Waals surface area contributed by atoms with Crippen LogP contribution in [0.1, 0.15) is 33.5 Å². The lowest BCUT2D eigenvalue weighted by Crippen LogP contribution is -2.41. The smallest absolute Gasteiger partial charge is 0.326 e. The summed E-state index contributed by atoms with van der Waals surface area (Å²) in [5.41, 5.74) is 9.26. The van der Waals surface area contributed by atoms with Crippen LogP contribution in [0.15, 0.2) is 103 Å². The van der Waals surface area contributed by atoms with E-state index in [9.17, 15) is 24.6 Å². The van der Waals surface area contributed by atoms with Crippen molar-refractivity contribution in [3.8, 4) is 11.5 Å². The molecule has 9 nitrogen and oxygen atoms in total. The Morgan fingerprint density at radius 2 is 1.45 bits per heavy atom. The zero-order chi connectivity index (χ0) is 29.9. The van der Waals surface area contributed by atoms with E-state index in [1.165, 1.54) is 30.3 Å². The molecule has 4 aromatic carbocycles. The van der Waals surface area contributed by atoms with E-state index in [4.69, 9.17) is 10.5 Å². The third kappa shape index (κ3) is 8.67. The average Bonchev–Trinajstić information content (AvgIpc) is 3.00. The predicted octanol–water partition coefficient (Wildman–Crippen LogP) is 4.30. The number of amides is 2. The molecule has 0 saturated carbocycles.